The highest BCUT2D eigenvalue weighted by molar-refractivity contribution is 7.28. The van der Waals surface area contributed by atoms with Gasteiger partial charge in [-0.1, -0.05) is 115 Å². The van der Waals surface area contributed by atoms with Crippen molar-refractivity contribution in [3.05, 3.63) is 176 Å². The molecule has 0 saturated heterocycles. The predicted octanol–water partition coefficient (Wildman–Crippen LogP) is 15.8. The van der Waals surface area contributed by atoms with Crippen molar-refractivity contribution in [1.82, 2.24) is 0 Å². The van der Waals surface area contributed by atoms with Gasteiger partial charge >= 0.3 is 0 Å². The van der Waals surface area contributed by atoms with Crippen molar-refractivity contribution in [2.24, 2.45) is 0 Å². The third-order valence-electron chi connectivity index (χ3n) is 11.0. The lowest BCUT2D eigenvalue weighted by Crippen LogP contribution is -2.10. The molecule has 2 nitrogen and oxygen atoms in total. The lowest BCUT2D eigenvalue weighted by atomic mass is 9.99. The molecule has 0 unspecified atom stereocenters. The van der Waals surface area contributed by atoms with Gasteiger partial charge < -0.3 is 9.32 Å². The van der Waals surface area contributed by atoms with Crippen LogP contribution in [0.15, 0.2) is 180 Å². The van der Waals surface area contributed by atoms with Crippen LogP contribution in [0.25, 0.3) is 95.0 Å². The molecular weight excluding hydrogens is 695 g/mol. The molecule has 0 aliphatic rings. The van der Waals surface area contributed by atoms with Gasteiger partial charge in [0.15, 0.2) is 0 Å². The standard InChI is InChI=1S/C50H29NOS2/c1-2-11-33-29-34(20-19-30(33)9-1)31-21-24-35(25-22-31)51(39-14-7-17-42-46(39)37-13-5-6-16-41(37)52-42)40-15-8-18-43-48(40)49-45(53-43)28-27-44-47(49)38-26-23-32-10-3-4-12-36(32)50(38)54-44/h1-29H. The molecule has 0 amide bonds. The van der Waals surface area contributed by atoms with E-state index in [0.717, 1.165) is 39.0 Å². The summed E-state index contributed by atoms with van der Waals surface area (Å²) in [5, 5.41) is 12.6. The van der Waals surface area contributed by atoms with E-state index in [1.807, 2.05) is 28.7 Å². The first-order chi connectivity index (χ1) is 26.8. The maximum atomic E-state index is 6.48. The molecule has 0 atom stereocenters. The van der Waals surface area contributed by atoms with Crippen molar-refractivity contribution in [3.8, 4) is 11.1 Å². The Morgan fingerprint density at radius 2 is 1.02 bits per heavy atom. The second-order valence-electron chi connectivity index (χ2n) is 14.0. The number of para-hydroxylation sites is 1. The Labute approximate surface area is 318 Å². The van der Waals surface area contributed by atoms with Crippen LogP contribution in [0.5, 0.6) is 0 Å². The highest BCUT2D eigenvalue weighted by Crippen LogP contribution is 2.51. The summed E-state index contributed by atoms with van der Waals surface area (Å²) in [7, 11) is 0. The minimum absolute atomic E-state index is 0.881. The van der Waals surface area contributed by atoms with Crippen LogP contribution in [0.3, 0.4) is 0 Å². The number of thiophene rings is 2. The van der Waals surface area contributed by atoms with Crippen molar-refractivity contribution >= 4 is 124 Å². The summed E-state index contributed by atoms with van der Waals surface area (Å²) in [4.78, 5) is 2.46. The number of hydrogen-bond donors (Lipinski definition) is 0. The van der Waals surface area contributed by atoms with Gasteiger partial charge in [0.25, 0.3) is 0 Å². The van der Waals surface area contributed by atoms with Gasteiger partial charge in [-0.15, -0.1) is 22.7 Å². The number of furan rings is 1. The number of anilines is 3. The van der Waals surface area contributed by atoms with Crippen LogP contribution in [0.4, 0.5) is 17.1 Å². The molecule has 0 spiro atoms. The maximum absolute atomic E-state index is 6.48. The van der Waals surface area contributed by atoms with Crippen molar-refractivity contribution in [2.45, 2.75) is 0 Å². The Balaban J connectivity index is 1.15. The Kier molecular flexibility index (Phi) is 6.41. The van der Waals surface area contributed by atoms with Crippen LogP contribution >= 0.6 is 22.7 Å². The van der Waals surface area contributed by atoms with E-state index in [-0.39, 0.29) is 0 Å². The largest absolute Gasteiger partial charge is 0.456 e. The predicted molar refractivity (Wildman–Crippen MR) is 235 cm³/mol. The molecule has 54 heavy (non-hydrogen) atoms. The lowest BCUT2D eigenvalue weighted by molar-refractivity contribution is 0.669. The Hall–Kier alpha value is -6.46. The van der Waals surface area contributed by atoms with Crippen LogP contribution in [-0.4, -0.2) is 0 Å². The van der Waals surface area contributed by atoms with Gasteiger partial charge in [-0.25, -0.2) is 0 Å². The normalized spacial score (nSPS) is 12.1. The topological polar surface area (TPSA) is 16.4 Å². The molecule has 0 bridgehead atoms. The molecule has 0 saturated carbocycles. The molecule has 4 heteroatoms. The summed E-state index contributed by atoms with van der Waals surface area (Å²) in [5.74, 6) is 0. The number of benzene rings is 9. The summed E-state index contributed by atoms with van der Waals surface area (Å²) in [6.45, 7) is 0. The van der Waals surface area contributed by atoms with Gasteiger partial charge in [0, 0.05) is 51.4 Å². The van der Waals surface area contributed by atoms with Gasteiger partial charge in [0.1, 0.15) is 11.2 Å². The number of hydrogen-bond acceptors (Lipinski definition) is 4. The van der Waals surface area contributed by atoms with Crippen LogP contribution in [0.2, 0.25) is 0 Å². The van der Waals surface area contributed by atoms with Gasteiger partial charge in [-0.2, -0.15) is 0 Å². The first-order valence-corrected chi connectivity index (χ1v) is 19.9. The lowest BCUT2D eigenvalue weighted by Gasteiger charge is -2.27. The van der Waals surface area contributed by atoms with E-state index in [9.17, 15) is 0 Å². The van der Waals surface area contributed by atoms with Crippen molar-refractivity contribution in [1.29, 1.82) is 0 Å². The molecule has 3 aromatic heterocycles. The highest BCUT2D eigenvalue weighted by Gasteiger charge is 2.24. The second kappa shape index (κ2) is 11.5. The fourth-order valence-corrected chi connectivity index (χ4v) is 11.0. The van der Waals surface area contributed by atoms with E-state index in [1.165, 1.54) is 73.0 Å². The van der Waals surface area contributed by atoms with Crippen LogP contribution in [0, 0.1) is 0 Å². The maximum Gasteiger partial charge on any atom is 0.137 e. The summed E-state index contributed by atoms with van der Waals surface area (Å²) in [6, 6.07) is 64.1. The monoisotopic (exact) mass is 723 g/mol. The fraction of sp³-hybridized carbons (Fsp3) is 0. The number of fused-ring (bicyclic) bond motifs is 13. The average Bonchev–Trinajstić information content (AvgIpc) is 3.93. The number of rotatable bonds is 4. The fourth-order valence-electron chi connectivity index (χ4n) is 8.59. The molecular formula is C50H29NOS2. The zero-order valence-corrected chi connectivity index (χ0v) is 30.5. The van der Waals surface area contributed by atoms with Crippen LogP contribution < -0.4 is 4.90 Å². The van der Waals surface area contributed by atoms with Gasteiger partial charge in [0.05, 0.1) is 16.8 Å². The minimum Gasteiger partial charge on any atom is -0.456 e. The molecule has 0 radical (unpaired) electrons. The van der Waals surface area contributed by atoms with Crippen LogP contribution in [0.1, 0.15) is 0 Å². The summed E-state index contributed by atoms with van der Waals surface area (Å²) >= 11 is 3.79. The van der Waals surface area contributed by atoms with E-state index < -0.39 is 0 Å². The summed E-state index contributed by atoms with van der Waals surface area (Å²) < 4.78 is 11.7. The molecule has 0 fully saturated rings. The van der Waals surface area contributed by atoms with Crippen LogP contribution in [-0.2, 0) is 0 Å². The number of nitrogens with zero attached hydrogens (tertiary/aromatic N) is 1. The summed E-state index contributed by atoms with van der Waals surface area (Å²) in [5.41, 5.74) is 7.52. The molecule has 12 aromatic rings. The van der Waals surface area contributed by atoms with Crippen molar-refractivity contribution in [2.75, 3.05) is 4.90 Å². The molecule has 252 valence electrons. The molecule has 0 aliphatic carbocycles. The van der Waals surface area contributed by atoms with E-state index in [0.29, 0.717) is 0 Å². The smallest absolute Gasteiger partial charge is 0.137 e. The Bertz CT molecular complexity index is 3460. The van der Waals surface area contributed by atoms with E-state index in [4.69, 9.17) is 4.42 Å². The average molecular weight is 724 g/mol. The molecule has 0 aliphatic heterocycles. The first-order valence-electron chi connectivity index (χ1n) is 18.2. The minimum atomic E-state index is 0.881. The molecule has 3 heterocycles. The van der Waals surface area contributed by atoms with E-state index in [1.54, 1.807) is 0 Å². The molecule has 0 N–H and O–H groups in total. The second-order valence-corrected chi connectivity index (χ2v) is 16.2. The highest BCUT2D eigenvalue weighted by atomic mass is 32.1. The van der Waals surface area contributed by atoms with Crippen molar-refractivity contribution in [3.63, 3.8) is 0 Å². The van der Waals surface area contributed by atoms with Gasteiger partial charge in [0.2, 0.25) is 0 Å². The van der Waals surface area contributed by atoms with Gasteiger partial charge in [-0.3, -0.25) is 0 Å². The zero-order chi connectivity index (χ0) is 35.3. The third kappa shape index (κ3) is 4.38. The Morgan fingerprint density at radius 3 is 1.89 bits per heavy atom. The SMILES string of the molecule is c1ccc2cc(-c3ccc(N(c4cccc5oc6ccccc6c45)c4cccc5sc6ccc7sc8c9ccccc9ccc8c7c6c45)cc3)ccc2c1. The van der Waals surface area contributed by atoms with Gasteiger partial charge in [-0.05, 0) is 93.3 Å². The quantitative estimate of drug-likeness (QED) is 0.180. The third-order valence-corrected chi connectivity index (χ3v) is 13.4. The van der Waals surface area contributed by atoms with E-state index >= 15 is 0 Å². The first kappa shape index (κ1) is 30.0. The zero-order valence-electron chi connectivity index (χ0n) is 28.9. The Morgan fingerprint density at radius 1 is 0.370 bits per heavy atom. The molecule has 12 rings (SSSR count). The van der Waals surface area contributed by atoms with E-state index in [2.05, 4.69) is 175 Å². The molecule has 9 aromatic carbocycles. The van der Waals surface area contributed by atoms with Crippen molar-refractivity contribution < 1.29 is 4.42 Å². The summed E-state index contributed by atoms with van der Waals surface area (Å²) in [6.07, 6.45) is 0.